The van der Waals surface area contributed by atoms with Crippen LogP contribution >= 0.6 is 11.8 Å². The largest absolute Gasteiger partial charge is 0.240 e. The van der Waals surface area contributed by atoms with Crippen LogP contribution in [0.1, 0.15) is 5.56 Å². The van der Waals surface area contributed by atoms with Gasteiger partial charge in [-0.25, -0.2) is 13.1 Å². The SMILES string of the molecule is CSc1ccc(S(=O)(=O)NCCc2ccccc2)cc1. The number of sulfonamides is 1. The Morgan fingerprint density at radius 3 is 2.25 bits per heavy atom. The lowest BCUT2D eigenvalue weighted by atomic mass is 10.2. The number of nitrogens with one attached hydrogen (secondary N) is 1. The monoisotopic (exact) mass is 307 g/mol. The lowest BCUT2D eigenvalue weighted by Gasteiger charge is -2.07. The summed E-state index contributed by atoms with van der Waals surface area (Å²) in [6.45, 7) is 0.399. The zero-order chi connectivity index (χ0) is 14.4. The van der Waals surface area contributed by atoms with Crippen molar-refractivity contribution in [1.82, 2.24) is 4.72 Å². The maximum atomic E-state index is 12.1. The van der Waals surface area contributed by atoms with E-state index in [1.165, 1.54) is 0 Å². The van der Waals surface area contributed by atoms with Crippen LogP contribution in [0.3, 0.4) is 0 Å². The third kappa shape index (κ3) is 4.10. The van der Waals surface area contributed by atoms with Gasteiger partial charge in [-0.15, -0.1) is 11.8 Å². The highest BCUT2D eigenvalue weighted by molar-refractivity contribution is 7.98. The van der Waals surface area contributed by atoms with Crippen LogP contribution in [0.5, 0.6) is 0 Å². The molecule has 0 saturated carbocycles. The van der Waals surface area contributed by atoms with Crippen LogP contribution in [0.25, 0.3) is 0 Å². The van der Waals surface area contributed by atoms with Gasteiger partial charge in [-0.05, 0) is 42.5 Å². The van der Waals surface area contributed by atoms with E-state index in [2.05, 4.69) is 4.72 Å². The van der Waals surface area contributed by atoms with Gasteiger partial charge in [0.2, 0.25) is 10.0 Å². The molecule has 0 atom stereocenters. The second-order valence-corrected chi connectivity index (χ2v) is 6.96. The first kappa shape index (κ1) is 15.1. The van der Waals surface area contributed by atoms with Crippen molar-refractivity contribution in [1.29, 1.82) is 0 Å². The summed E-state index contributed by atoms with van der Waals surface area (Å²) in [5, 5.41) is 0. The van der Waals surface area contributed by atoms with Crippen LogP contribution in [-0.4, -0.2) is 21.2 Å². The molecule has 1 N–H and O–H groups in total. The molecule has 0 radical (unpaired) electrons. The molecular weight excluding hydrogens is 290 g/mol. The summed E-state index contributed by atoms with van der Waals surface area (Å²) in [5.74, 6) is 0. The van der Waals surface area contributed by atoms with Gasteiger partial charge < -0.3 is 0 Å². The van der Waals surface area contributed by atoms with E-state index in [0.717, 1.165) is 10.5 Å². The van der Waals surface area contributed by atoms with Crippen LogP contribution < -0.4 is 4.72 Å². The fraction of sp³-hybridized carbons (Fsp3) is 0.200. The van der Waals surface area contributed by atoms with Crippen molar-refractivity contribution >= 4 is 21.8 Å². The van der Waals surface area contributed by atoms with Crippen LogP contribution in [0.15, 0.2) is 64.4 Å². The van der Waals surface area contributed by atoms with Crippen LogP contribution in [0, 0.1) is 0 Å². The van der Waals surface area contributed by atoms with Gasteiger partial charge in [-0.2, -0.15) is 0 Å². The quantitative estimate of drug-likeness (QED) is 0.835. The molecule has 0 amide bonds. The molecule has 2 aromatic carbocycles. The fourth-order valence-electron chi connectivity index (χ4n) is 1.81. The van der Waals surface area contributed by atoms with Crippen LogP contribution in [0.2, 0.25) is 0 Å². The van der Waals surface area contributed by atoms with Gasteiger partial charge in [0.15, 0.2) is 0 Å². The molecule has 0 heterocycles. The molecule has 0 aromatic heterocycles. The molecule has 0 aliphatic rings. The number of hydrogen-bond donors (Lipinski definition) is 1. The van der Waals surface area contributed by atoms with E-state index in [1.807, 2.05) is 48.7 Å². The molecule has 106 valence electrons. The van der Waals surface area contributed by atoms with Gasteiger partial charge in [0, 0.05) is 11.4 Å². The van der Waals surface area contributed by atoms with Crippen molar-refractivity contribution in [3.63, 3.8) is 0 Å². The van der Waals surface area contributed by atoms with Crippen molar-refractivity contribution in [3.05, 3.63) is 60.2 Å². The number of hydrogen-bond acceptors (Lipinski definition) is 3. The topological polar surface area (TPSA) is 46.2 Å². The summed E-state index contributed by atoms with van der Waals surface area (Å²) in [4.78, 5) is 1.36. The van der Waals surface area contributed by atoms with Crippen molar-refractivity contribution in [2.45, 2.75) is 16.2 Å². The standard InChI is InChI=1S/C15H17NO2S2/c1-19-14-7-9-15(10-8-14)20(17,18)16-12-11-13-5-3-2-4-6-13/h2-10,16H,11-12H2,1H3. The normalized spacial score (nSPS) is 11.4. The molecule has 0 aliphatic carbocycles. The summed E-state index contributed by atoms with van der Waals surface area (Å²) in [6, 6.07) is 16.7. The number of rotatable bonds is 6. The van der Waals surface area contributed by atoms with Crippen LogP contribution in [0.4, 0.5) is 0 Å². The molecule has 2 aromatic rings. The van der Waals surface area contributed by atoms with E-state index in [0.29, 0.717) is 17.9 Å². The summed E-state index contributed by atoms with van der Waals surface area (Å²) in [6.07, 6.45) is 2.64. The Hall–Kier alpha value is -1.30. The van der Waals surface area contributed by atoms with E-state index in [1.54, 1.807) is 23.9 Å². The molecule has 5 heteroatoms. The maximum absolute atomic E-state index is 12.1. The summed E-state index contributed by atoms with van der Waals surface area (Å²) >= 11 is 1.59. The van der Waals surface area contributed by atoms with Gasteiger partial charge in [-0.3, -0.25) is 0 Å². The highest BCUT2D eigenvalue weighted by Crippen LogP contribution is 2.17. The third-order valence-corrected chi connectivity index (χ3v) is 5.14. The smallest absolute Gasteiger partial charge is 0.211 e. The van der Waals surface area contributed by atoms with E-state index in [4.69, 9.17) is 0 Å². The molecule has 3 nitrogen and oxygen atoms in total. The lowest BCUT2D eigenvalue weighted by Crippen LogP contribution is -2.25. The average molecular weight is 307 g/mol. The predicted octanol–water partition coefficient (Wildman–Crippen LogP) is 2.93. The van der Waals surface area contributed by atoms with E-state index in [9.17, 15) is 8.42 Å². The Morgan fingerprint density at radius 2 is 1.65 bits per heavy atom. The Bertz CT molecular complexity index is 637. The maximum Gasteiger partial charge on any atom is 0.240 e. The molecular formula is C15H17NO2S2. The highest BCUT2D eigenvalue weighted by atomic mass is 32.2. The predicted molar refractivity (Wildman–Crippen MR) is 83.6 cm³/mol. The van der Waals surface area contributed by atoms with E-state index < -0.39 is 10.0 Å². The second kappa shape index (κ2) is 6.92. The zero-order valence-corrected chi connectivity index (χ0v) is 12.9. The van der Waals surface area contributed by atoms with Crippen molar-refractivity contribution in [3.8, 4) is 0 Å². The van der Waals surface area contributed by atoms with Gasteiger partial charge in [0.25, 0.3) is 0 Å². The summed E-state index contributed by atoms with van der Waals surface area (Å²) in [5.41, 5.74) is 1.12. The number of benzene rings is 2. The molecule has 0 fully saturated rings. The fourth-order valence-corrected chi connectivity index (χ4v) is 3.25. The molecule has 2 rings (SSSR count). The first-order valence-corrected chi connectivity index (χ1v) is 9.00. The van der Waals surface area contributed by atoms with Gasteiger partial charge >= 0.3 is 0 Å². The van der Waals surface area contributed by atoms with Crippen molar-refractivity contribution in [2.75, 3.05) is 12.8 Å². The van der Waals surface area contributed by atoms with E-state index in [-0.39, 0.29) is 0 Å². The van der Waals surface area contributed by atoms with E-state index >= 15 is 0 Å². The zero-order valence-electron chi connectivity index (χ0n) is 11.2. The average Bonchev–Trinajstić information content (AvgIpc) is 2.48. The van der Waals surface area contributed by atoms with Gasteiger partial charge in [-0.1, -0.05) is 30.3 Å². The van der Waals surface area contributed by atoms with Crippen molar-refractivity contribution in [2.24, 2.45) is 0 Å². The number of thioether (sulfide) groups is 1. The first-order chi connectivity index (χ1) is 9.62. The molecule has 20 heavy (non-hydrogen) atoms. The van der Waals surface area contributed by atoms with Gasteiger partial charge in [0.1, 0.15) is 0 Å². The lowest BCUT2D eigenvalue weighted by molar-refractivity contribution is 0.581. The molecule has 0 aliphatic heterocycles. The highest BCUT2D eigenvalue weighted by Gasteiger charge is 2.12. The third-order valence-electron chi connectivity index (χ3n) is 2.92. The molecule has 0 unspecified atom stereocenters. The first-order valence-electron chi connectivity index (χ1n) is 6.29. The molecule has 0 saturated heterocycles. The van der Waals surface area contributed by atoms with Gasteiger partial charge in [0.05, 0.1) is 4.90 Å². The van der Waals surface area contributed by atoms with Crippen molar-refractivity contribution < 1.29 is 8.42 Å². The Labute approximate surface area is 124 Å². The summed E-state index contributed by atoms with van der Waals surface area (Å²) < 4.78 is 26.8. The summed E-state index contributed by atoms with van der Waals surface area (Å²) in [7, 11) is -3.41. The minimum absolute atomic E-state index is 0.309. The minimum atomic E-state index is -3.41. The second-order valence-electron chi connectivity index (χ2n) is 4.31. The molecule has 0 spiro atoms. The Morgan fingerprint density at radius 1 is 1.00 bits per heavy atom. The van der Waals surface area contributed by atoms with Crippen LogP contribution in [-0.2, 0) is 16.4 Å². The Balaban J connectivity index is 1.96. The Kier molecular flexibility index (Phi) is 5.23. The molecule has 0 bridgehead atoms. The minimum Gasteiger partial charge on any atom is -0.211 e.